The molecule has 0 aliphatic heterocycles. The van der Waals surface area contributed by atoms with E-state index in [-0.39, 0.29) is 5.91 Å². The van der Waals surface area contributed by atoms with Crippen LogP contribution in [-0.4, -0.2) is 20.4 Å². The number of imidazole rings is 1. The zero-order valence-electron chi connectivity index (χ0n) is 12.9. The van der Waals surface area contributed by atoms with Gasteiger partial charge in [-0.05, 0) is 36.4 Å². The van der Waals surface area contributed by atoms with E-state index in [0.29, 0.717) is 12.1 Å². The Bertz CT molecular complexity index is 952. The van der Waals surface area contributed by atoms with E-state index in [0.717, 1.165) is 22.5 Å². The van der Waals surface area contributed by atoms with Crippen LogP contribution in [-0.2, 0) is 6.54 Å². The first kappa shape index (κ1) is 14.3. The van der Waals surface area contributed by atoms with Gasteiger partial charge in [0.1, 0.15) is 5.82 Å². The fraction of sp³-hybridized carbons (Fsp3) is 0.0526. The van der Waals surface area contributed by atoms with Crippen LogP contribution < -0.4 is 5.32 Å². The van der Waals surface area contributed by atoms with E-state index >= 15 is 0 Å². The summed E-state index contributed by atoms with van der Waals surface area (Å²) in [4.78, 5) is 20.3. The number of hydrogen-bond donors (Lipinski definition) is 2. The summed E-state index contributed by atoms with van der Waals surface area (Å²) < 4.78 is 1.93. The average molecular weight is 316 g/mol. The minimum atomic E-state index is -0.125. The van der Waals surface area contributed by atoms with Gasteiger partial charge in [0.2, 0.25) is 0 Å². The van der Waals surface area contributed by atoms with Gasteiger partial charge in [0.15, 0.2) is 0 Å². The second-order valence-electron chi connectivity index (χ2n) is 5.49. The SMILES string of the molecule is O=C(NCc1nc2ccccc2[nH]1)c1ccccc1-n1cccc1. The van der Waals surface area contributed by atoms with Crippen molar-refractivity contribution in [1.29, 1.82) is 0 Å². The van der Waals surface area contributed by atoms with Gasteiger partial charge in [0.05, 0.1) is 28.8 Å². The van der Waals surface area contributed by atoms with Gasteiger partial charge in [0.25, 0.3) is 5.91 Å². The molecule has 0 atom stereocenters. The minimum Gasteiger partial charge on any atom is -0.345 e. The number of hydrogen-bond acceptors (Lipinski definition) is 2. The van der Waals surface area contributed by atoms with Gasteiger partial charge in [-0.25, -0.2) is 4.98 Å². The van der Waals surface area contributed by atoms with Crippen LogP contribution in [0.5, 0.6) is 0 Å². The lowest BCUT2D eigenvalue weighted by molar-refractivity contribution is 0.0950. The summed E-state index contributed by atoms with van der Waals surface area (Å²) in [6.45, 7) is 0.355. The molecule has 5 nitrogen and oxygen atoms in total. The van der Waals surface area contributed by atoms with Gasteiger partial charge in [-0.2, -0.15) is 0 Å². The van der Waals surface area contributed by atoms with Crippen molar-refractivity contribution in [2.75, 3.05) is 0 Å². The highest BCUT2D eigenvalue weighted by Crippen LogP contribution is 2.15. The molecule has 0 aliphatic rings. The van der Waals surface area contributed by atoms with Gasteiger partial charge in [-0.15, -0.1) is 0 Å². The third-order valence-electron chi connectivity index (χ3n) is 3.89. The molecule has 0 aliphatic carbocycles. The molecule has 2 heterocycles. The number of nitrogens with zero attached hydrogens (tertiary/aromatic N) is 2. The van der Waals surface area contributed by atoms with Gasteiger partial charge in [0, 0.05) is 12.4 Å². The van der Waals surface area contributed by atoms with Gasteiger partial charge in [-0.1, -0.05) is 24.3 Å². The Morgan fingerprint density at radius 1 is 1.00 bits per heavy atom. The molecule has 5 heteroatoms. The van der Waals surface area contributed by atoms with Crippen LogP contribution in [0.25, 0.3) is 16.7 Å². The standard InChI is InChI=1S/C19H16N4O/c24-19(14-7-1-4-10-17(14)23-11-5-6-12-23)20-13-18-21-15-8-2-3-9-16(15)22-18/h1-12H,13H2,(H,20,24)(H,21,22). The molecular formula is C19H16N4O. The van der Waals surface area contributed by atoms with E-state index < -0.39 is 0 Å². The zero-order chi connectivity index (χ0) is 16.4. The topological polar surface area (TPSA) is 62.7 Å². The predicted octanol–water partition coefficient (Wildman–Crippen LogP) is 3.28. The third kappa shape index (κ3) is 2.67. The lowest BCUT2D eigenvalue weighted by Gasteiger charge is -2.10. The van der Waals surface area contributed by atoms with Crippen molar-refractivity contribution in [1.82, 2.24) is 19.9 Å². The van der Waals surface area contributed by atoms with Crippen molar-refractivity contribution in [2.45, 2.75) is 6.54 Å². The van der Waals surface area contributed by atoms with Crippen LogP contribution in [0.4, 0.5) is 0 Å². The lowest BCUT2D eigenvalue weighted by Crippen LogP contribution is -2.24. The maximum Gasteiger partial charge on any atom is 0.253 e. The summed E-state index contributed by atoms with van der Waals surface area (Å²) in [5.41, 5.74) is 3.35. The molecule has 118 valence electrons. The van der Waals surface area contributed by atoms with Crippen molar-refractivity contribution in [3.8, 4) is 5.69 Å². The van der Waals surface area contributed by atoms with Gasteiger partial charge in [-0.3, -0.25) is 4.79 Å². The highest BCUT2D eigenvalue weighted by atomic mass is 16.1. The maximum atomic E-state index is 12.6. The van der Waals surface area contributed by atoms with E-state index in [1.165, 1.54) is 0 Å². The average Bonchev–Trinajstić information content (AvgIpc) is 3.28. The molecule has 2 aromatic carbocycles. The number of aromatic amines is 1. The normalized spacial score (nSPS) is 10.8. The number of H-pyrrole nitrogens is 1. The van der Waals surface area contributed by atoms with E-state index in [2.05, 4.69) is 15.3 Å². The fourth-order valence-electron chi connectivity index (χ4n) is 2.73. The number of nitrogens with one attached hydrogen (secondary N) is 2. The van der Waals surface area contributed by atoms with Crippen molar-refractivity contribution in [3.05, 3.63) is 84.4 Å². The second-order valence-corrected chi connectivity index (χ2v) is 5.49. The van der Waals surface area contributed by atoms with E-state index in [4.69, 9.17) is 0 Å². The van der Waals surface area contributed by atoms with Crippen molar-refractivity contribution < 1.29 is 4.79 Å². The summed E-state index contributed by atoms with van der Waals surface area (Å²) in [5, 5.41) is 2.93. The minimum absolute atomic E-state index is 0.125. The zero-order valence-corrected chi connectivity index (χ0v) is 12.9. The highest BCUT2D eigenvalue weighted by Gasteiger charge is 2.12. The number of carbonyl (C=O) groups excluding carboxylic acids is 1. The predicted molar refractivity (Wildman–Crippen MR) is 93.0 cm³/mol. The largest absolute Gasteiger partial charge is 0.345 e. The summed E-state index contributed by atoms with van der Waals surface area (Å²) >= 11 is 0. The van der Waals surface area contributed by atoms with Crippen molar-refractivity contribution >= 4 is 16.9 Å². The number of benzene rings is 2. The molecule has 0 spiro atoms. The molecule has 1 amide bonds. The molecule has 0 saturated heterocycles. The first-order valence-corrected chi connectivity index (χ1v) is 7.75. The number of amides is 1. The number of carbonyl (C=O) groups is 1. The number of fused-ring (bicyclic) bond motifs is 1. The van der Waals surface area contributed by atoms with Crippen LogP contribution >= 0.6 is 0 Å². The Morgan fingerprint density at radius 2 is 1.75 bits per heavy atom. The van der Waals surface area contributed by atoms with Gasteiger partial charge >= 0.3 is 0 Å². The molecule has 24 heavy (non-hydrogen) atoms. The van der Waals surface area contributed by atoms with Crippen LogP contribution in [0.2, 0.25) is 0 Å². The Kier molecular flexibility index (Phi) is 3.59. The monoisotopic (exact) mass is 316 g/mol. The van der Waals surface area contributed by atoms with E-state index in [9.17, 15) is 4.79 Å². The molecule has 4 aromatic rings. The number of para-hydroxylation sites is 3. The number of rotatable bonds is 4. The van der Waals surface area contributed by atoms with Crippen LogP contribution in [0.3, 0.4) is 0 Å². The maximum absolute atomic E-state index is 12.6. The number of aromatic nitrogens is 3. The Balaban J connectivity index is 1.54. The first-order chi connectivity index (χ1) is 11.8. The highest BCUT2D eigenvalue weighted by molar-refractivity contribution is 5.97. The summed E-state index contributed by atoms with van der Waals surface area (Å²) in [6, 6.07) is 19.2. The second kappa shape index (κ2) is 6.04. The smallest absolute Gasteiger partial charge is 0.253 e. The summed E-state index contributed by atoms with van der Waals surface area (Å²) in [7, 11) is 0. The molecule has 0 radical (unpaired) electrons. The molecule has 2 aromatic heterocycles. The molecule has 4 rings (SSSR count). The van der Waals surface area contributed by atoms with Crippen LogP contribution in [0.15, 0.2) is 73.1 Å². The molecule has 0 saturated carbocycles. The molecule has 0 bridgehead atoms. The quantitative estimate of drug-likeness (QED) is 0.607. The third-order valence-corrected chi connectivity index (χ3v) is 3.89. The Hall–Kier alpha value is -3.34. The first-order valence-electron chi connectivity index (χ1n) is 7.75. The lowest BCUT2D eigenvalue weighted by atomic mass is 10.1. The fourth-order valence-corrected chi connectivity index (χ4v) is 2.73. The Labute approximate surface area is 139 Å². The Morgan fingerprint density at radius 3 is 2.58 bits per heavy atom. The molecule has 2 N–H and O–H groups in total. The van der Waals surface area contributed by atoms with Crippen molar-refractivity contribution in [3.63, 3.8) is 0 Å². The van der Waals surface area contributed by atoms with Crippen LogP contribution in [0.1, 0.15) is 16.2 Å². The van der Waals surface area contributed by atoms with Gasteiger partial charge < -0.3 is 14.9 Å². The molecular weight excluding hydrogens is 300 g/mol. The van der Waals surface area contributed by atoms with Crippen molar-refractivity contribution in [2.24, 2.45) is 0 Å². The summed E-state index contributed by atoms with van der Waals surface area (Å²) in [6.07, 6.45) is 3.84. The summed E-state index contributed by atoms with van der Waals surface area (Å²) in [5.74, 6) is 0.614. The van der Waals surface area contributed by atoms with Crippen LogP contribution in [0, 0.1) is 0 Å². The molecule has 0 unspecified atom stereocenters. The molecule has 0 fully saturated rings. The van der Waals surface area contributed by atoms with E-state index in [1.54, 1.807) is 0 Å². The van der Waals surface area contributed by atoms with E-state index in [1.807, 2.05) is 77.6 Å².